The molecule has 3 N–H and O–H groups in total. The molecule has 1 heterocycles. The van der Waals surface area contributed by atoms with Crippen molar-refractivity contribution in [2.75, 3.05) is 13.1 Å². The summed E-state index contributed by atoms with van der Waals surface area (Å²) in [6, 6.07) is 7.93. The molecule has 0 radical (unpaired) electrons. The van der Waals surface area contributed by atoms with Crippen molar-refractivity contribution in [2.45, 2.75) is 39.7 Å². The Labute approximate surface area is 121 Å². The Kier molecular flexibility index (Phi) is 4.65. The van der Waals surface area contributed by atoms with Gasteiger partial charge < -0.3 is 10.9 Å². The molecule has 0 spiro atoms. The maximum atomic E-state index is 8.65. The lowest BCUT2D eigenvalue weighted by atomic mass is 9.78. The van der Waals surface area contributed by atoms with Gasteiger partial charge in [0.1, 0.15) is 0 Å². The van der Waals surface area contributed by atoms with Crippen LogP contribution in [0.3, 0.4) is 0 Å². The molecule has 1 aliphatic rings. The second-order valence-corrected chi connectivity index (χ2v) is 6.12. The van der Waals surface area contributed by atoms with E-state index in [1.54, 1.807) is 0 Å². The third kappa shape index (κ3) is 3.51. The summed E-state index contributed by atoms with van der Waals surface area (Å²) >= 11 is 0. The third-order valence-electron chi connectivity index (χ3n) is 4.68. The number of benzene rings is 1. The van der Waals surface area contributed by atoms with Gasteiger partial charge in [0.15, 0.2) is 5.84 Å². The van der Waals surface area contributed by atoms with Crippen LogP contribution >= 0.6 is 0 Å². The molecule has 1 aromatic carbocycles. The summed E-state index contributed by atoms with van der Waals surface area (Å²) in [6.45, 7) is 8.02. The molecule has 4 heteroatoms. The molecule has 2 rings (SSSR count). The van der Waals surface area contributed by atoms with E-state index in [0.717, 1.165) is 12.1 Å². The van der Waals surface area contributed by atoms with E-state index in [1.165, 1.54) is 37.9 Å². The zero-order valence-corrected chi connectivity index (χ0v) is 12.5. The van der Waals surface area contributed by atoms with E-state index >= 15 is 0 Å². The molecular weight excluding hydrogens is 250 g/mol. The lowest BCUT2D eigenvalue weighted by molar-refractivity contribution is 0.109. The molecule has 0 aliphatic carbocycles. The van der Waals surface area contributed by atoms with Gasteiger partial charge in [0.25, 0.3) is 0 Å². The van der Waals surface area contributed by atoms with Gasteiger partial charge in [-0.3, -0.25) is 4.90 Å². The van der Waals surface area contributed by atoms with E-state index < -0.39 is 0 Å². The van der Waals surface area contributed by atoms with Crippen molar-refractivity contribution in [3.05, 3.63) is 35.4 Å². The molecule has 1 aromatic rings. The summed E-state index contributed by atoms with van der Waals surface area (Å²) in [6.07, 6.45) is 3.84. The minimum absolute atomic E-state index is 0.160. The van der Waals surface area contributed by atoms with Crippen LogP contribution in [-0.2, 0) is 6.54 Å². The maximum Gasteiger partial charge on any atom is 0.170 e. The van der Waals surface area contributed by atoms with Gasteiger partial charge in [-0.1, -0.05) is 49.7 Å². The predicted octanol–water partition coefficient (Wildman–Crippen LogP) is 2.79. The zero-order valence-electron chi connectivity index (χ0n) is 12.5. The first-order valence-corrected chi connectivity index (χ1v) is 7.35. The summed E-state index contributed by atoms with van der Waals surface area (Å²) in [7, 11) is 0. The second kappa shape index (κ2) is 6.27. The minimum atomic E-state index is 0.160. The van der Waals surface area contributed by atoms with Crippen LogP contribution in [0, 0.1) is 5.41 Å². The molecule has 0 bridgehead atoms. The standard InChI is InChI=1S/C16H25N3O/c1-3-16(2)8-10-19(11-9-16)12-13-4-6-14(7-5-13)15(17)18-20/h4-7,20H,3,8-12H2,1-2H3,(H2,17,18). The predicted molar refractivity (Wildman–Crippen MR) is 81.9 cm³/mol. The molecule has 110 valence electrons. The van der Waals surface area contributed by atoms with Gasteiger partial charge in [-0.2, -0.15) is 0 Å². The molecule has 1 fully saturated rings. The van der Waals surface area contributed by atoms with Crippen molar-refractivity contribution in [1.82, 2.24) is 4.90 Å². The molecule has 0 amide bonds. The third-order valence-corrected chi connectivity index (χ3v) is 4.68. The van der Waals surface area contributed by atoms with Crippen molar-refractivity contribution in [1.29, 1.82) is 0 Å². The van der Waals surface area contributed by atoms with Crippen LogP contribution in [0.4, 0.5) is 0 Å². The SMILES string of the molecule is CCC1(C)CCN(Cc2ccc(C(N)=NO)cc2)CC1. The Morgan fingerprint density at radius 1 is 1.30 bits per heavy atom. The number of nitrogens with zero attached hydrogens (tertiary/aromatic N) is 2. The fourth-order valence-electron chi connectivity index (χ4n) is 2.70. The first-order valence-electron chi connectivity index (χ1n) is 7.35. The second-order valence-electron chi connectivity index (χ2n) is 6.12. The molecular formula is C16H25N3O. The first-order chi connectivity index (χ1) is 9.56. The number of nitrogens with two attached hydrogens (primary N) is 1. The minimum Gasteiger partial charge on any atom is -0.409 e. The van der Waals surface area contributed by atoms with Crippen LogP contribution in [0.1, 0.15) is 44.2 Å². The van der Waals surface area contributed by atoms with Gasteiger partial charge >= 0.3 is 0 Å². The van der Waals surface area contributed by atoms with Crippen LogP contribution in [0.15, 0.2) is 29.4 Å². The van der Waals surface area contributed by atoms with E-state index in [-0.39, 0.29) is 5.84 Å². The molecule has 0 atom stereocenters. The van der Waals surface area contributed by atoms with Gasteiger partial charge in [-0.15, -0.1) is 0 Å². The highest BCUT2D eigenvalue weighted by molar-refractivity contribution is 5.96. The largest absolute Gasteiger partial charge is 0.409 e. The fraction of sp³-hybridized carbons (Fsp3) is 0.562. The van der Waals surface area contributed by atoms with Crippen LogP contribution < -0.4 is 5.73 Å². The van der Waals surface area contributed by atoms with Crippen LogP contribution in [0.2, 0.25) is 0 Å². The topological polar surface area (TPSA) is 61.8 Å². The van der Waals surface area contributed by atoms with Gasteiger partial charge in [0.05, 0.1) is 0 Å². The molecule has 20 heavy (non-hydrogen) atoms. The smallest absolute Gasteiger partial charge is 0.170 e. The highest BCUT2D eigenvalue weighted by atomic mass is 16.4. The molecule has 1 saturated heterocycles. The summed E-state index contributed by atoms with van der Waals surface area (Å²) < 4.78 is 0. The van der Waals surface area contributed by atoms with Gasteiger partial charge in [0, 0.05) is 12.1 Å². The number of piperidine rings is 1. The van der Waals surface area contributed by atoms with Crippen LogP contribution in [0.25, 0.3) is 0 Å². The van der Waals surface area contributed by atoms with E-state index in [4.69, 9.17) is 10.9 Å². The van der Waals surface area contributed by atoms with E-state index in [2.05, 4.69) is 36.0 Å². The van der Waals surface area contributed by atoms with Crippen molar-refractivity contribution >= 4 is 5.84 Å². The Morgan fingerprint density at radius 3 is 2.40 bits per heavy atom. The number of oxime groups is 1. The number of rotatable bonds is 4. The van der Waals surface area contributed by atoms with Gasteiger partial charge in [0.2, 0.25) is 0 Å². The van der Waals surface area contributed by atoms with Crippen molar-refractivity contribution in [3.8, 4) is 0 Å². The van der Waals surface area contributed by atoms with E-state index in [0.29, 0.717) is 5.41 Å². The monoisotopic (exact) mass is 275 g/mol. The van der Waals surface area contributed by atoms with Crippen molar-refractivity contribution in [2.24, 2.45) is 16.3 Å². The maximum absolute atomic E-state index is 8.65. The highest BCUT2D eigenvalue weighted by Gasteiger charge is 2.27. The van der Waals surface area contributed by atoms with E-state index in [1.807, 2.05) is 12.1 Å². The number of hydrogen-bond donors (Lipinski definition) is 2. The van der Waals surface area contributed by atoms with Crippen LogP contribution in [0.5, 0.6) is 0 Å². The Bertz CT molecular complexity index is 459. The summed E-state index contributed by atoms with van der Waals surface area (Å²) in [5.41, 5.74) is 8.13. The average Bonchev–Trinajstić information content (AvgIpc) is 2.50. The number of amidine groups is 1. The summed E-state index contributed by atoms with van der Waals surface area (Å²) in [5.74, 6) is 0.160. The Morgan fingerprint density at radius 2 is 1.90 bits per heavy atom. The van der Waals surface area contributed by atoms with Gasteiger partial charge in [-0.05, 0) is 36.9 Å². The molecule has 1 aliphatic heterocycles. The zero-order chi connectivity index (χ0) is 14.6. The van der Waals surface area contributed by atoms with Crippen molar-refractivity contribution in [3.63, 3.8) is 0 Å². The normalized spacial score (nSPS) is 20.0. The quantitative estimate of drug-likeness (QED) is 0.384. The molecule has 0 saturated carbocycles. The molecule has 0 aromatic heterocycles. The fourth-order valence-corrected chi connectivity index (χ4v) is 2.70. The Hall–Kier alpha value is -1.55. The molecule has 0 unspecified atom stereocenters. The van der Waals surface area contributed by atoms with Crippen LogP contribution in [-0.4, -0.2) is 29.0 Å². The summed E-state index contributed by atoms with van der Waals surface area (Å²) in [4.78, 5) is 2.51. The number of likely N-dealkylation sites (tertiary alicyclic amines) is 1. The van der Waals surface area contributed by atoms with Gasteiger partial charge in [-0.25, -0.2) is 0 Å². The number of hydrogen-bond acceptors (Lipinski definition) is 3. The lowest BCUT2D eigenvalue weighted by Gasteiger charge is -2.39. The molecule has 4 nitrogen and oxygen atoms in total. The first kappa shape index (κ1) is 14.9. The Balaban J connectivity index is 1.92. The van der Waals surface area contributed by atoms with E-state index in [9.17, 15) is 0 Å². The summed E-state index contributed by atoms with van der Waals surface area (Å²) in [5, 5.41) is 11.7. The highest BCUT2D eigenvalue weighted by Crippen LogP contribution is 2.34. The average molecular weight is 275 g/mol. The lowest BCUT2D eigenvalue weighted by Crippen LogP contribution is -2.37. The van der Waals surface area contributed by atoms with Crippen molar-refractivity contribution < 1.29 is 5.21 Å².